The van der Waals surface area contributed by atoms with Crippen LogP contribution in [0.25, 0.3) is 0 Å². The van der Waals surface area contributed by atoms with Crippen LogP contribution in [0.4, 0.5) is 5.82 Å². The highest BCUT2D eigenvalue weighted by atomic mass is 35.5. The summed E-state index contributed by atoms with van der Waals surface area (Å²) in [5.41, 5.74) is 4.15. The summed E-state index contributed by atoms with van der Waals surface area (Å²) < 4.78 is 7.52. The van der Waals surface area contributed by atoms with Gasteiger partial charge in [-0.3, -0.25) is 9.48 Å². The molecule has 0 bridgehead atoms. The van der Waals surface area contributed by atoms with E-state index in [2.05, 4.69) is 16.5 Å². The Balaban J connectivity index is 1.37. The summed E-state index contributed by atoms with van der Waals surface area (Å²) in [6, 6.07) is 15.5. The first-order chi connectivity index (χ1) is 15.4. The molecule has 2 aromatic heterocycles. The summed E-state index contributed by atoms with van der Waals surface area (Å²) in [5.74, 6) is 0.813. The Bertz CT molecular complexity index is 1270. The number of hydrogen-bond donors (Lipinski definition) is 1. The van der Waals surface area contributed by atoms with Crippen molar-refractivity contribution in [2.75, 3.05) is 5.32 Å². The number of carbonyl (C=O) groups is 1. The molecule has 32 heavy (non-hydrogen) atoms. The number of aryl methyl sites for hydroxylation is 2. The lowest BCUT2D eigenvalue weighted by Gasteiger charge is -2.06. The van der Waals surface area contributed by atoms with Crippen LogP contribution in [0.3, 0.4) is 0 Å². The molecule has 0 aliphatic rings. The van der Waals surface area contributed by atoms with Crippen LogP contribution in [0.5, 0.6) is 5.75 Å². The van der Waals surface area contributed by atoms with Crippen molar-refractivity contribution in [3.05, 3.63) is 97.3 Å². The van der Waals surface area contributed by atoms with E-state index in [1.54, 1.807) is 23.0 Å². The molecule has 4 aromatic rings. The maximum atomic E-state index is 12.7. The van der Waals surface area contributed by atoms with Crippen molar-refractivity contribution < 1.29 is 9.53 Å². The largest absolute Gasteiger partial charge is 0.489 e. The topological polar surface area (TPSA) is 56.2 Å². The van der Waals surface area contributed by atoms with E-state index in [9.17, 15) is 4.79 Å². The molecule has 0 saturated heterocycles. The minimum atomic E-state index is -0.258. The number of hydrogen-bond acceptors (Lipinski definition) is 4. The van der Waals surface area contributed by atoms with Gasteiger partial charge in [0.05, 0.1) is 11.4 Å². The fraction of sp³-hybridized carbons (Fsp3) is 0.167. The number of nitrogens with one attached hydrogen (secondary N) is 1. The lowest BCUT2D eigenvalue weighted by Crippen LogP contribution is -2.11. The molecular formula is C24H21Cl2N3O2S. The SMILES string of the molecule is Cc1cccc(Cn2cc(Cl)c(NC(=O)c3cc(COc4ccc(Cl)c(C)c4)cs3)n2)c1. The first-order valence-corrected chi connectivity index (χ1v) is 11.6. The van der Waals surface area contributed by atoms with Crippen molar-refractivity contribution in [2.24, 2.45) is 0 Å². The molecule has 0 fully saturated rings. The van der Waals surface area contributed by atoms with Crippen LogP contribution in [0.2, 0.25) is 10.0 Å². The van der Waals surface area contributed by atoms with Gasteiger partial charge in [0.2, 0.25) is 0 Å². The number of ether oxygens (including phenoxy) is 1. The second-order valence-electron chi connectivity index (χ2n) is 7.49. The summed E-state index contributed by atoms with van der Waals surface area (Å²) in [6.07, 6.45) is 1.71. The zero-order chi connectivity index (χ0) is 22.7. The van der Waals surface area contributed by atoms with Gasteiger partial charge < -0.3 is 10.1 Å². The summed E-state index contributed by atoms with van der Waals surface area (Å²) in [7, 11) is 0. The number of anilines is 1. The maximum Gasteiger partial charge on any atom is 0.266 e. The Labute approximate surface area is 200 Å². The van der Waals surface area contributed by atoms with Crippen LogP contribution < -0.4 is 10.1 Å². The second kappa shape index (κ2) is 9.77. The van der Waals surface area contributed by atoms with Crippen LogP contribution >= 0.6 is 34.5 Å². The molecule has 0 unspecified atom stereocenters. The van der Waals surface area contributed by atoms with Gasteiger partial charge >= 0.3 is 0 Å². The Morgan fingerprint density at radius 3 is 2.72 bits per heavy atom. The Kier molecular flexibility index (Phi) is 6.84. The van der Waals surface area contributed by atoms with Gasteiger partial charge in [0.1, 0.15) is 17.4 Å². The van der Waals surface area contributed by atoms with Gasteiger partial charge in [-0.05, 0) is 54.6 Å². The smallest absolute Gasteiger partial charge is 0.266 e. The fourth-order valence-corrected chi connectivity index (χ4v) is 4.28. The van der Waals surface area contributed by atoms with Crippen molar-refractivity contribution in [3.8, 4) is 5.75 Å². The molecule has 5 nitrogen and oxygen atoms in total. The second-order valence-corrected chi connectivity index (χ2v) is 9.21. The highest BCUT2D eigenvalue weighted by Crippen LogP contribution is 2.25. The zero-order valence-corrected chi connectivity index (χ0v) is 19.9. The summed E-state index contributed by atoms with van der Waals surface area (Å²) >= 11 is 13.7. The average molecular weight is 486 g/mol. The standard InChI is InChI=1S/C24H21Cl2N3O2S/c1-15-4-3-5-17(8-15)11-29-12-21(26)23(28-29)27-24(30)22-10-18(14-32-22)13-31-19-6-7-20(25)16(2)9-19/h3-10,12,14H,11,13H2,1-2H3,(H,27,28,30). The molecule has 2 heterocycles. The molecule has 0 spiro atoms. The van der Waals surface area contributed by atoms with E-state index < -0.39 is 0 Å². The molecule has 164 valence electrons. The molecule has 8 heteroatoms. The van der Waals surface area contributed by atoms with Gasteiger partial charge in [0.15, 0.2) is 5.82 Å². The number of carbonyl (C=O) groups excluding carboxylic acids is 1. The summed E-state index contributed by atoms with van der Waals surface area (Å²) in [5, 5.41) is 10.2. The average Bonchev–Trinajstić information content (AvgIpc) is 3.36. The molecule has 4 rings (SSSR count). The van der Waals surface area contributed by atoms with E-state index in [0.717, 1.165) is 22.4 Å². The Morgan fingerprint density at radius 2 is 1.94 bits per heavy atom. The monoisotopic (exact) mass is 485 g/mol. The molecule has 1 amide bonds. The van der Waals surface area contributed by atoms with E-state index in [0.29, 0.717) is 33.9 Å². The molecule has 0 aliphatic heterocycles. The number of aromatic nitrogens is 2. The number of amides is 1. The molecule has 0 saturated carbocycles. The van der Waals surface area contributed by atoms with Crippen molar-refractivity contribution in [1.29, 1.82) is 0 Å². The quantitative estimate of drug-likeness (QED) is 0.315. The van der Waals surface area contributed by atoms with E-state index in [4.69, 9.17) is 27.9 Å². The van der Waals surface area contributed by atoms with E-state index in [1.807, 2.05) is 49.6 Å². The van der Waals surface area contributed by atoms with Crippen LogP contribution in [0.1, 0.15) is 31.9 Å². The molecule has 1 N–H and O–H groups in total. The Hall–Kier alpha value is -2.80. The van der Waals surface area contributed by atoms with Crippen LogP contribution in [0.15, 0.2) is 60.1 Å². The molecule has 0 radical (unpaired) electrons. The third kappa shape index (κ3) is 5.51. The predicted octanol–water partition coefficient (Wildman–Crippen LogP) is 6.75. The van der Waals surface area contributed by atoms with Gasteiger partial charge in [-0.25, -0.2) is 0 Å². The lowest BCUT2D eigenvalue weighted by molar-refractivity contribution is 0.103. The van der Waals surface area contributed by atoms with E-state index in [-0.39, 0.29) is 5.91 Å². The van der Waals surface area contributed by atoms with Crippen molar-refractivity contribution in [1.82, 2.24) is 9.78 Å². The maximum absolute atomic E-state index is 12.7. The highest BCUT2D eigenvalue weighted by molar-refractivity contribution is 7.12. The fourth-order valence-electron chi connectivity index (χ4n) is 3.17. The third-order valence-electron chi connectivity index (χ3n) is 4.79. The summed E-state index contributed by atoms with van der Waals surface area (Å²) in [4.78, 5) is 13.2. The number of benzene rings is 2. The predicted molar refractivity (Wildman–Crippen MR) is 130 cm³/mol. The Morgan fingerprint density at radius 1 is 1.09 bits per heavy atom. The molecular weight excluding hydrogens is 465 g/mol. The van der Waals surface area contributed by atoms with Gasteiger partial charge in [-0.1, -0.05) is 53.0 Å². The lowest BCUT2D eigenvalue weighted by atomic mass is 10.1. The zero-order valence-electron chi connectivity index (χ0n) is 17.6. The van der Waals surface area contributed by atoms with Crippen LogP contribution in [0, 0.1) is 13.8 Å². The highest BCUT2D eigenvalue weighted by Gasteiger charge is 2.15. The molecule has 0 aliphatic carbocycles. The molecule has 2 aromatic carbocycles. The first-order valence-electron chi connectivity index (χ1n) is 9.93. The van der Waals surface area contributed by atoms with Gasteiger partial charge in [-0.15, -0.1) is 11.3 Å². The minimum absolute atomic E-state index is 0.258. The van der Waals surface area contributed by atoms with Crippen molar-refractivity contribution >= 4 is 46.3 Å². The van der Waals surface area contributed by atoms with Crippen LogP contribution in [-0.2, 0) is 13.2 Å². The van der Waals surface area contributed by atoms with Crippen LogP contribution in [-0.4, -0.2) is 15.7 Å². The van der Waals surface area contributed by atoms with Crippen molar-refractivity contribution in [2.45, 2.75) is 27.0 Å². The number of nitrogens with zero attached hydrogens (tertiary/aromatic N) is 2. The minimum Gasteiger partial charge on any atom is -0.489 e. The number of thiophene rings is 1. The normalized spacial score (nSPS) is 10.9. The molecule has 0 atom stereocenters. The first kappa shape index (κ1) is 22.4. The van der Waals surface area contributed by atoms with Crippen molar-refractivity contribution in [3.63, 3.8) is 0 Å². The van der Waals surface area contributed by atoms with E-state index >= 15 is 0 Å². The van der Waals surface area contributed by atoms with Gasteiger partial charge in [0, 0.05) is 16.8 Å². The van der Waals surface area contributed by atoms with Gasteiger partial charge in [0.25, 0.3) is 5.91 Å². The number of rotatable bonds is 7. The van der Waals surface area contributed by atoms with E-state index in [1.165, 1.54) is 16.9 Å². The van der Waals surface area contributed by atoms with Gasteiger partial charge in [-0.2, -0.15) is 5.10 Å². The summed E-state index contributed by atoms with van der Waals surface area (Å²) in [6.45, 7) is 4.90. The third-order valence-corrected chi connectivity index (χ3v) is 6.47. The number of halogens is 2.